The molecule has 13 heteroatoms. The predicted octanol–water partition coefficient (Wildman–Crippen LogP) is 1.80. The summed E-state index contributed by atoms with van der Waals surface area (Å²) < 4.78 is 10.4. The lowest BCUT2D eigenvalue weighted by molar-refractivity contribution is -0.142. The summed E-state index contributed by atoms with van der Waals surface area (Å²) in [5.41, 5.74) is 6.85. The highest BCUT2D eigenvalue weighted by atomic mass is 35.5. The summed E-state index contributed by atoms with van der Waals surface area (Å²) in [6.07, 6.45) is 0.614. The van der Waals surface area contributed by atoms with Crippen LogP contribution >= 0.6 is 23.2 Å². The van der Waals surface area contributed by atoms with Crippen molar-refractivity contribution >= 4 is 52.6 Å². The fourth-order valence-corrected chi connectivity index (χ4v) is 4.18. The third kappa shape index (κ3) is 7.00. The Bertz CT molecular complexity index is 1140. The molecule has 0 radical (unpaired) electrons. The summed E-state index contributed by atoms with van der Waals surface area (Å²) >= 11 is 12.1. The largest absolute Gasteiger partial charge is 0.493 e. The second kappa shape index (κ2) is 12.4. The number of methoxy groups -OCH3 is 1. The van der Waals surface area contributed by atoms with Crippen molar-refractivity contribution in [2.45, 2.75) is 18.5 Å². The minimum atomic E-state index is -1.16. The van der Waals surface area contributed by atoms with E-state index in [9.17, 15) is 14.4 Å². The number of esters is 1. The monoisotopic (exact) mass is 536 g/mol. The van der Waals surface area contributed by atoms with Crippen LogP contribution in [-0.4, -0.2) is 56.6 Å². The summed E-state index contributed by atoms with van der Waals surface area (Å²) in [5, 5.41) is 18.6. The molecule has 2 unspecified atom stereocenters. The lowest BCUT2D eigenvalue weighted by Crippen LogP contribution is -2.50. The number of nitrogens with one attached hydrogen (secondary N) is 5. The fourth-order valence-electron chi connectivity index (χ4n) is 3.61. The Labute approximate surface area is 217 Å². The number of guanidine groups is 1. The molecule has 0 saturated heterocycles. The Hall–Kier alpha value is -3.54. The molecule has 1 heterocycles. The van der Waals surface area contributed by atoms with E-state index in [4.69, 9.17) is 43.8 Å². The Kier molecular flexibility index (Phi) is 9.34. The number of benzene rings is 2. The van der Waals surface area contributed by atoms with Crippen LogP contribution in [0.15, 0.2) is 36.4 Å². The van der Waals surface area contributed by atoms with Crippen LogP contribution in [-0.2, 0) is 14.3 Å². The van der Waals surface area contributed by atoms with Gasteiger partial charge in [0.25, 0.3) is 5.91 Å². The molecule has 0 bridgehead atoms. The number of nitrogens with two attached hydrogens (primary N) is 1. The molecule has 0 saturated carbocycles. The van der Waals surface area contributed by atoms with E-state index >= 15 is 0 Å². The highest BCUT2D eigenvalue weighted by molar-refractivity contribution is 6.39. The van der Waals surface area contributed by atoms with Gasteiger partial charge in [-0.05, 0) is 30.3 Å². The first-order valence-corrected chi connectivity index (χ1v) is 11.7. The molecule has 3 rings (SSSR count). The lowest BCUT2D eigenvalue weighted by Gasteiger charge is -2.27. The van der Waals surface area contributed by atoms with Gasteiger partial charge in [-0.25, -0.2) is 4.79 Å². The third-order valence-corrected chi connectivity index (χ3v) is 5.95. The second-order valence-corrected chi connectivity index (χ2v) is 8.63. The molecule has 192 valence electrons. The molecule has 0 spiro atoms. The van der Waals surface area contributed by atoms with E-state index < -0.39 is 23.8 Å². The van der Waals surface area contributed by atoms with Gasteiger partial charge >= 0.3 is 5.97 Å². The first kappa shape index (κ1) is 27.1. The zero-order valence-corrected chi connectivity index (χ0v) is 20.8. The van der Waals surface area contributed by atoms with Crippen molar-refractivity contribution in [3.05, 3.63) is 57.6 Å². The van der Waals surface area contributed by atoms with E-state index in [1.165, 1.54) is 19.2 Å². The highest BCUT2D eigenvalue weighted by Crippen LogP contribution is 2.34. The summed E-state index contributed by atoms with van der Waals surface area (Å²) in [7, 11) is 1.17. The second-order valence-electron chi connectivity index (χ2n) is 7.81. The van der Waals surface area contributed by atoms with Crippen molar-refractivity contribution in [3.63, 3.8) is 0 Å². The van der Waals surface area contributed by atoms with Crippen molar-refractivity contribution < 1.29 is 23.9 Å². The van der Waals surface area contributed by atoms with E-state index in [-0.39, 0.29) is 40.7 Å². The molecule has 1 aliphatic rings. The predicted molar refractivity (Wildman–Crippen MR) is 136 cm³/mol. The third-order valence-electron chi connectivity index (χ3n) is 5.32. The summed E-state index contributed by atoms with van der Waals surface area (Å²) in [5.74, 6) is -1.36. The van der Waals surface area contributed by atoms with Crippen LogP contribution in [0.5, 0.6) is 5.75 Å². The van der Waals surface area contributed by atoms with Crippen LogP contribution in [0.2, 0.25) is 10.0 Å². The Morgan fingerprint density at radius 3 is 2.61 bits per heavy atom. The van der Waals surface area contributed by atoms with Crippen LogP contribution in [0.25, 0.3) is 0 Å². The number of anilines is 1. The van der Waals surface area contributed by atoms with Gasteiger partial charge in [0.2, 0.25) is 5.91 Å². The van der Waals surface area contributed by atoms with Gasteiger partial charge in [0.05, 0.1) is 35.9 Å². The molecule has 2 aromatic carbocycles. The highest BCUT2D eigenvalue weighted by Gasteiger charge is 2.26. The van der Waals surface area contributed by atoms with Gasteiger partial charge in [-0.2, -0.15) is 0 Å². The molecule has 0 aromatic heterocycles. The van der Waals surface area contributed by atoms with Gasteiger partial charge in [-0.15, -0.1) is 0 Å². The molecule has 2 amide bonds. The van der Waals surface area contributed by atoms with E-state index in [0.717, 1.165) is 5.56 Å². The molecule has 0 aliphatic carbocycles. The smallest absolute Gasteiger partial charge is 0.330 e. The van der Waals surface area contributed by atoms with Crippen molar-refractivity contribution in [2.24, 2.45) is 5.73 Å². The van der Waals surface area contributed by atoms with Crippen molar-refractivity contribution in [1.29, 1.82) is 5.41 Å². The minimum Gasteiger partial charge on any atom is -0.493 e. The van der Waals surface area contributed by atoms with Crippen LogP contribution < -0.4 is 31.7 Å². The van der Waals surface area contributed by atoms with Gasteiger partial charge in [0.1, 0.15) is 11.8 Å². The number of rotatable bonds is 9. The summed E-state index contributed by atoms with van der Waals surface area (Å²) in [6, 6.07) is 8.54. The number of amides is 2. The number of carbonyl (C=O) groups is 3. The maximum Gasteiger partial charge on any atom is 0.330 e. The number of carbonyl (C=O) groups excluding carboxylic acids is 3. The molecular formula is C23H26Cl2N6O5. The number of ether oxygens (including phenoxy) is 2. The average molecular weight is 537 g/mol. The zero-order chi connectivity index (χ0) is 26.2. The summed E-state index contributed by atoms with van der Waals surface area (Å²) in [4.78, 5) is 37.4. The average Bonchev–Trinajstić information content (AvgIpc) is 2.84. The number of fused-ring (bicyclic) bond motifs is 1. The van der Waals surface area contributed by atoms with Gasteiger partial charge in [-0.3, -0.25) is 15.0 Å². The summed E-state index contributed by atoms with van der Waals surface area (Å²) in [6.45, 7) is 0.192. The van der Waals surface area contributed by atoms with Crippen molar-refractivity contribution in [2.75, 3.05) is 32.1 Å². The number of halogens is 2. The molecule has 2 atom stereocenters. The lowest BCUT2D eigenvalue weighted by atomic mass is 10.00. The van der Waals surface area contributed by atoms with Crippen LogP contribution in [0, 0.1) is 5.41 Å². The van der Waals surface area contributed by atoms with Crippen LogP contribution in [0.3, 0.4) is 0 Å². The Morgan fingerprint density at radius 1 is 1.22 bits per heavy atom. The normalized spacial score (nSPS) is 15.0. The Morgan fingerprint density at radius 2 is 1.94 bits per heavy atom. The van der Waals surface area contributed by atoms with Crippen LogP contribution in [0.4, 0.5) is 5.69 Å². The fraction of sp³-hybridized carbons (Fsp3) is 0.304. The minimum absolute atomic E-state index is 0.0135. The zero-order valence-electron chi connectivity index (χ0n) is 19.3. The quantitative estimate of drug-likeness (QED) is 0.160. The molecule has 0 fully saturated rings. The van der Waals surface area contributed by atoms with Crippen molar-refractivity contribution in [1.82, 2.24) is 16.0 Å². The molecule has 36 heavy (non-hydrogen) atoms. The molecule has 2 aromatic rings. The molecular weight excluding hydrogens is 511 g/mol. The Balaban J connectivity index is 1.59. The van der Waals surface area contributed by atoms with Gasteiger partial charge in [0.15, 0.2) is 5.96 Å². The number of hydrogen-bond acceptors (Lipinski definition) is 7. The van der Waals surface area contributed by atoms with E-state index in [1.54, 1.807) is 24.3 Å². The van der Waals surface area contributed by atoms with E-state index in [1.807, 2.05) is 0 Å². The first-order chi connectivity index (χ1) is 17.2. The van der Waals surface area contributed by atoms with E-state index in [0.29, 0.717) is 24.5 Å². The maximum atomic E-state index is 12.7. The molecule has 11 nitrogen and oxygen atoms in total. The van der Waals surface area contributed by atoms with Gasteiger partial charge in [-0.1, -0.05) is 29.3 Å². The SMILES string of the molecule is COC(=O)C(CNC(=O)CNC1CCOc2ccc(NC(=N)N)cc21)NC(=O)c1c(Cl)cccc1Cl. The standard InChI is InChI=1S/C23H26Cl2N6O5/c1-35-22(34)17(31-21(33)20-14(24)3-2-4-15(20)25)10-29-19(32)11-28-16-7-8-36-18-6-5-12(9-13(16)18)30-23(26)27/h2-6,9,16-17,28H,7-8,10-11H2,1H3,(H,29,32)(H,31,33)(H4,26,27,30). The van der Waals surface area contributed by atoms with E-state index in [2.05, 4.69) is 21.3 Å². The molecule has 7 N–H and O–H groups in total. The maximum absolute atomic E-state index is 12.7. The topological polar surface area (TPSA) is 168 Å². The molecule has 1 aliphatic heterocycles. The van der Waals surface area contributed by atoms with Crippen LogP contribution in [0.1, 0.15) is 28.4 Å². The van der Waals surface area contributed by atoms with Crippen molar-refractivity contribution in [3.8, 4) is 5.75 Å². The first-order valence-electron chi connectivity index (χ1n) is 10.9. The van der Waals surface area contributed by atoms with Gasteiger partial charge < -0.3 is 36.5 Å². The number of hydrogen-bond donors (Lipinski definition) is 6. The van der Waals surface area contributed by atoms with Gasteiger partial charge in [0, 0.05) is 30.3 Å².